The van der Waals surface area contributed by atoms with Gasteiger partial charge in [0, 0.05) is 12.1 Å². The van der Waals surface area contributed by atoms with Crippen molar-refractivity contribution in [1.29, 1.82) is 0 Å². The van der Waals surface area contributed by atoms with E-state index in [0.717, 1.165) is 18.4 Å². The van der Waals surface area contributed by atoms with Gasteiger partial charge in [-0.05, 0) is 24.5 Å². The fourth-order valence-electron chi connectivity index (χ4n) is 3.58. The molecule has 0 bridgehead atoms. The van der Waals surface area contributed by atoms with Gasteiger partial charge in [0.05, 0.1) is 18.6 Å². The van der Waals surface area contributed by atoms with Crippen LogP contribution in [-0.2, 0) is 14.9 Å². The molecule has 0 radical (unpaired) electrons. The van der Waals surface area contributed by atoms with Crippen molar-refractivity contribution in [1.82, 2.24) is 4.90 Å². The number of hydrogen-bond donors (Lipinski definition) is 0. The number of ether oxygens (including phenoxy) is 1. The van der Waals surface area contributed by atoms with E-state index in [2.05, 4.69) is 0 Å². The van der Waals surface area contributed by atoms with Gasteiger partial charge in [-0.3, -0.25) is 4.79 Å². The molecule has 1 aliphatic heterocycles. The van der Waals surface area contributed by atoms with Crippen LogP contribution in [0.5, 0.6) is 0 Å². The Morgan fingerprint density at radius 3 is 2.50 bits per heavy atom. The topological polar surface area (TPSA) is 29.5 Å². The van der Waals surface area contributed by atoms with Crippen molar-refractivity contribution in [3.8, 4) is 0 Å². The number of carbonyl (C=O) groups excluding carboxylic acids is 1. The number of nitrogens with zero attached hydrogens (tertiary/aromatic N) is 1. The van der Waals surface area contributed by atoms with E-state index < -0.39 is 5.41 Å². The molecule has 0 N–H and O–H groups in total. The third-order valence-electron chi connectivity index (χ3n) is 5.07. The first-order valence-electron chi connectivity index (χ1n) is 8.42. The molecule has 124 valence electrons. The minimum Gasteiger partial charge on any atom is -0.370 e. The molecule has 1 unspecified atom stereocenters. The molecule has 1 amide bonds. The Morgan fingerprint density at radius 2 is 1.79 bits per heavy atom. The first-order chi connectivity index (χ1) is 11.7. The average Bonchev–Trinajstić information content (AvgIpc) is 3.44. The van der Waals surface area contributed by atoms with Crippen LogP contribution in [0, 0.1) is 5.82 Å². The highest BCUT2D eigenvalue weighted by Gasteiger charge is 2.54. The second-order valence-electron chi connectivity index (χ2n) is 6.58. The second kappa shape index (κ2) is 6.02. The Balaban J connectivity index is 1.55. The lowest BCUT2D eigenvalue weighted by atomic mass is 9.93. The van der Waals surface area contributed by atoms with Gasteiger partial charge < -0.3 is 9.64 Å². The second-order valence-corrected chi connectivity index (χ2v) is 6.58. The summed E-state index contributed by atoms with van der Waals surface area (Å²) in [6.07, 6.45) is 1.33. The number of amides is 1. The molecule has 2 aliphatic rings. The molecule has 1 saturated carbocycles. The molecule has 3 nitrogen and oxygen atoms in total. The molecule has 2 aromatic carbocycles. The highest BCUT2D eigenvalue weighted by Crippen LogP contribution is 2.50. The van der Waals surface area contributed by atoms with E-state index in [-0.39, 0.29) is 17.8 Å². The lowest BCUT2D eigenvalue weighted by Gasteiger charge is -2.35. The Bertz CT molecular complexity index is 742. The first-order valence-corrected chi connectivity index (χ1v) is 8.42. The summed E-state index contributed by atoms with van der Waals surface area (Å²) >= 11 is 0. The fourth-order valence-corrected chi connectivity index (χ4v) is 3.58. The summed E-state index contributed by atoms with van der Waals surface area (Å²) in [4.78, 5) is 15.0. The Kier molecular flexibility index (Phi) is 3.85. The van der Waals surface area contributed by atoms with E-state index in [4.69, 9.17) is 4.74 Å². The number of halogens is 1. The van der Waals surface area contributed by atoms with E-state index in [1.165, 1.54) is 6.07 Å². The zero-order chi connectivity index (χ0) is 16.6. The van der Waals surface area contributed by atoms with Crippen LogP contribution >= 0.6 is 0 Å². The van der Waals surface area contributed by atoms with Gasteiger partial charge in [-0.2, -0.15) is 0 Å². The molecule has 4 heteroatoms. The fraction of sp³-hybridized carbons (Fsp3) is 0.350. The summed E-state index contributed by atoms with van der Waals surface area (Å²) in [5.41, 5.74) is 0.952. The van der Waals surface area contributed by atoms with Gasteiger partial charge in [0.1, 0.15) is 11.9 Å². The Hall–Kier alpha value is -2.20. The van der Waals surface area contributed by atoms with E-state index in [0.29, 0.717) is 25.3 Å². The highest BCUT2D eigenvalue weighted by atomic mass is 19.1. The van der Waals surface area contributed by atoms with Crippen LogP contribution in [0.4, 0.5) is 4.39 Å². The summed E-state index contributed by atoms with van der Waals surface area (Å²) in [6, 6.07) is 16.6. The summed E-state index contributed by atoms with van der Waals surface area (Å²) in [5.74, 6) is -0.243. The molecular formula is C20H20FNO2. The summed E-state index contributed by atoms with van der Waals surface area (Å²) in [7, 11) is 0. The van der Waals surface area contributed by atoms with E-state index in [1.807, 2.05) is 35.2 Å². The predicted octanol–water partition coefficient (Wildman–Crippen LogP) is 3.46. The van der Waals surface area contributed by atoms with Crippen molar-refractivity contribution in [3.05, 3.63) is 71.5 Å². The molecule has 24 heavy (non-hydrogen) atoms. The van der Waals surface area contributed by atoms with Crippen molar-refractivity contribution < 1.29 is 13.9 Å². The smallest absolute Gasteiger partial charge is 0.233 e. The maximum absolute atomic E-state index is 14.2. The van der Waals surface area contributed by atoms with Crippen LogP contribution < -0.4 is 0 Å². The molecule has 4 rings (SSSR count). The molecule has 1 atom stereocenters. The van der Waals surface area contributed by atoms with Gasteiger partial charge in [0.25, 0.3) is 0 Å². The third kappa shape index (κ3) is 2.61. The highest BCUT2D eigenvalue weighted by molar-refractivity contribution is 5.91. The summed E-state index contributed by atoms with van der Waals surface area (Å²) < 4.78 is 20.0. The van der Waals surface area contributed by atoms with E-state index in [1.54, 1.807) is 18.2 Å². The van der Waals surface area contributed by atoms with Crippen LogP contribution in [0.2, 0.25) is 0 Å². The molecule has 2 aromatic rings. The molecule has 0 aromatic heterocycles. The summed E-state index contributed by atoms with van der Waals surface area (Å²) in [5, 5.41) is 0. The summed E-state index contributed by atoms with van der Waals surface area (Å²) in [6.45, 7) is 1.61. The Morgan fingerprint density at radius 1 is 1.08 bits per heavy atom. The van der Waals surface area contributed by atoms with Crippen LogP contribution in [0.3, 0.4) is 0 Å². The standard InChI is InChI=1S/C20H20FNO2/c21-17-9-5-4-8-16(17)20(10-11-20)19(23)22-12-13-24-18(14-22)15-6-2-1-3-7-15/h1-9,18H,10-14H2. The minimum atomic E-state index is -0.663. The van der Waals surface area contributed by atoms with Gasteiger partial charge in [-0.25, -0.2) is 4.39 Å². The average molecular weight is 325 g/mol. The van der Waals surface area contributed by atoms with E-state index in [9.17, 15) is 9.18 Å². The van der Waals surface area contributed by atoms with Crippen LogP contribution in [0.25, 0.3) is 0 Å². The van der Waals surface area contributed by atoms with Gasteiger partial charge in [-0.1, -0.05) is 48.5 Å². The van der Waals surface area contributed by atoms with Crippen molar-refractivity contribution in [2.75, 3.05) is 19.7 Å². The van der Waals surface area contributed by atoms with Crippen molar-refractivity contribution >= 4 is 5.91 Å². The SMILES string of the molecule is O=C(N1CCOC(c2ccccc2)C1)C1(c2ccccc2F)CC1. The zero-order valence-electron chi connectivity index (χ0n) is 13.5. The maximum Gasteiger partial charge on any atom is 0.233 e. The quantitative estimate of drug-likeness (QED) is 0.865. The van der Waals surface area contributed by atoms with Crippen LogP contribution in [0.1, 0.15) is 30.1 Å². The van der Waals surface area contributed by atoms with Crippen molar-refractivity contribution in [2.45, 2.75) is 24.4 Å². The van der Waals surface area contributed by atoms with Gasteiger partial charge in [0.2, 0.25) is 5.91 Å². The first kappa shape index (κ1) is 15.3. The van der Waals surface area contributed by atoms with Crippen LogP contribution in [-0.4, -0.2) is 30.5 Å². The molecule has 1 saturated heterocycles. The number of carbonyl (C=O) groups is 1. The molecule has 0 spiro atoms. The van der Waals surface area contributed by atoms with Crippen molar-refractivity contribution in [2.24, 2.45) is 0 Å². The molecule has 1 aliphatic carbocycles. The zero-order valence-corrected chi connectivity index (χ0v) is 13.5. The lowest BCUT2D eigenvalue weighted by Crippen LogP contribution is -2.47. The Labute approximate surface area is 141 Å². The number of hydrogen-bond acceptors (Lipinski definition) is 2. The largest absolute Gasteiger partial charge is 0.370 e. The number of rotatable bonds is 3. The predicted molar refractivity (Wildman–Crippen MR) is 89.0 cm³/mol. The maximum atomic E-state index is 14.2. The monoisotopic (exact) mass is 325 g/mol. The third-order valence-corrected chi connectivity index (χ3v) is 5.07. The lowest BCUT2D eigenvalue weighted by molar-refractivity contribution is -0.141. The van der Waals surface area contributed by atoms with Crippen molar-refractivity contribution in [3.63, 3.8) is 0 Å². The normalized spacial score (nSPS) is 22.2. The van der Waals surface area contributed by atoms with Gasteiger partial charge in [0.15, 0.2) is 0 Å². The molecule has 1 heterocycles. The van der Waals surface area contributed by atoms with Crippen LogP contribution in [0.15, 0.2) is 54.6 Å². The minimum absolute atomic E-state index is 0.0387. The molecular weight excluding hydrogens is 305 g/mol. The number of benzene rings is 2. The number of morpholine rings is 1. The van der Waals surface area contributed by atoms with Gasteiger partial charge in [-0.15, -0.1) is 0 Å². The van der Waals surface area contributed by atoms with Gasteiger partial charge >= 0.3 is 0 Å². The van der Waals surface area contributed by atoms with E-state index >= 15 is 0 Å². The molecule has 2 fully saturated rings.